The molecule has 104 valence electrons. The molecule has 2 N–H and O–H groups in total. The van der Waals surface area contributed by atoms with Crippen LogP contribution in [-0.2, 0) is 4.74 Å². The molecule has 6 nitrogen and oxygen atoms in total. The summed E-state index contributed by atoms with van der Waals surface area (Å²) in [6, 6.07) is 0. The monoisotopic (exact) mass is 350 g/mol. The van der Waals surface area contributed by atoms with Crippen LogP contribution in [0.15, 0.2) is 20.8 Å². The Hall–Kier alpha value is -0.890. The van der Waals surface area contributed by atoms with Crippen molar-refractivity contribution in [2.75, 3.05) is 6.61 Å². The van der Waals surface area contributed by atoms with E-state index in [1.807, 2.05) is 0 Å². The van der Waals surface area contributed by atoms with E-state index in [9.17, 15) is 9.59 Å². The van der Waals surface area contributed by atoms with Crippen molar-refractivity contribution in [1.29, 1.82) is 0 Å². The minimum atomic E-state index is -0.591. The molecule has 0 saturated carbocycles. The van der Waals surface area contributed by atoms with Crippen LogP contribution in [0, 0.1) is 0 Å². The Kier molecular flexibility index (Phi) is 4.62. The van der Waals surface area contributed by atoms with Crippen molar-refractivity contribution in [2.24, 2.45) is 0 Å². The van der Waals surface area contributed by atoms with Gasteiger partial charge >= 0.3 is 5.69 Å². The number of nitrogens with zero attached hydrogens (tertiary/aromatic N) is 1. The number of rotatable bonds is 3. The van der Waals surface area contributed by atoms with Crippen LogP contribution in [-0.4, -0.2) is 32.7 Å². The number of H-pyrrole nitrogens is 1. The zero-order valence-corrected chi connectivity index (χ0v) is 12.1. The van der Waals surface area contributed by atoms with Crippen LogP contribution in [0.1, 0.15) is 18.2 Å². The summed E-state index contributed by atoms with van der Waals surface area (Å²) in [5.41, 5.74) is -0.723. The number of aromatic amines is 1. The number of hydrogen-bond acceptors (Lipinski definition) is 4. The van der Waals surface area contributed by atoms with E-state index in [1.54, 1.807) is 0 Å². The van der Waals surface area contributed by atoms with E-state index >= 15 is 0 Å². The van der Waals surface area contributed by atoms with Gasteiger partial charge in [0, 0.05) is 12.6 Å². The normalized spacial score (nSPS) is 27.2. The average Bonchev–Trinajstić information content (AvgIpc) is 2.74. The van der Waals surface area contributed by atoms with Crippen LogP contribution >= 0.6 is 27.5 Å². The predicted octanol–water partition coefficient (Wildman–Crippen LogP) is 0.789. The van der Waals surface area contributed by atoms with Crippen molar-refractivity contribution < 1.29 is 9.84 Å². The predicted molar refractivity (Wildman–Crippen MR) is 74.5 cm³/mol. The van der Waals surface area contributed by atoms with Crippen LogP contribution < -0.4 is 11.2 Å². The first-order valence-electron chi connectivity index (χ1n) is 5.59. The summed E-state index contributed by atoms with van der Waals surface area (Å²) in [4.78, 5) is 27.0. The number of aliphatic hydroxyl groups excluding tert-OH is 1. The highest BCUT2D eigenvalue weighted by Gasteiger charge is 2.35. The van der Waals surface area contributed by atoms with Gasteiger partial charge in [-0.05, 0) is 11.1 Å². The smallest absolute Gasteiger partial charge is 0.330 e. The van der Waals surface area contributed by atoms with Gasteiger partial charge in [0.25, 0.3) is 5.56 Å². The number of halogens is 2. The largest absolute Gasteiger partial charge is 0.394 e. The Labute approximate surface area is 121 Å². The maximum Gasteiger partial charge on any atom is 0.330 e. The third kappa shape index (κ3) is 3.00. The van der Waals surface area contributed by atoms with Crippen LogP contribution in [0.25, 0.3) is 6.08 Å². The van der Waals surface area contributed by atoms with Gasteiger partial charge in [0.15, 0.2) is 0 Å². The SMILES string of the molecule is O=c1[nH]c(=O)n(C2C[C@@H](Cl)[C@@H](CO)O2)cc1C=CBr. The van der Waals surface area contributed by atoms with Crippen molar-refractivity contribution in [3.05, 3.63) is 37.6 Å². The molecule has 1 unspecified atom stereocenters. The number of ether oxygens (including phenoxy) is 1. The van der Waals surface area contributed by atoms with Gasteiger partial charge in [-0.2, -0.15) is 0 Å². The quantitative estimate of drug-likeness (QED) is 0.789. The van der Waals surface area contributed by atoms with Gasteiger partial charge in [0.2, 0.25) is 0 Å². The Morgan fingerprint density at radius 3 is 2.95 bits per heavy atom. The zero-order chi connectivity index (χ0) is 14.0. The second-order valence-corrected chi connectivity index (χ2v) is 5.20. The van der Waals surface area contributed by atoms with Gasteiger partial charge in [-0.25, -0.2) is 4.79 Å². The fraction of sp³-hybridized carbons (Fsp3) is 0.455. The van der Waals surface area contributed by atoms with Gasteiger partial charge in [-0.15, -0.1) is 11.6 Å². The standard InChI is InChI=1S/C11H12BrClN2O4/c12-2-1-6-4-15(11(18)14-10(6)17)9-3-7(13)8(5-16)19-9/h1-2,4,7-9,16H,3,5H2,(H,14,17,18)/t7-,8-,9?/m1/s1. The maximum absolute atomic E-state index is 11.8. The van der Waals surface area contributed by atoms with Crippen molar-refractivity contribution in [3.8, 4) is 0 Å². The molecule has 3 atom stereocenters. The summed E-state index contributed by atoms with van der Waals surface area (Å²) >= 11 is 9.08. The second-order valence-electron chi connectivity index (χ2n) is 4.11. The van der Waals surface area contributed by atoms with E-state index in [-0.39, 0.29) is 12.0 Å². The highest BCUT2D eigenvalue weighted by atomic mass is 79.9. The summed E-state index contributed by atoms with van der Waals surface area (Å²) in [6.45, 7) is -0.211. The van der Waals surface area contributed by atoms with Crippen LogP contribution in [0.4, 0.5) is 0 Å². The van der Waals surface area contributed by atoms with Gasteiger partial charge in [-0.3, -0.25) is 14.3 Å². The first-order chi connectivity index (χ1) is 9.06. The summed E-state index contributed by atoms with van der Waals surface area (Å²) < 4.78 is 6.76. The van der Waals surface area contributed by atoms with E-state index in [0.717, 1.165) is 0 Å². The van der Waals surface area contributed by atoms with Gasteiger partial charge in [0.1, 0.15) is 6.23 Å². The minimum Gasteiger partial charge on any atom is -0.394 e. The number of hydrogen-bond donors (Lipinski definition) is 2. The zero-order valence-electron chi connectivity index (χ0n) is 9.75. The van der Waals surface area contributed by atoms with Gasteiger partial charge in [0.05, 0.1) is 23.7 Å². The molecule has 0 bridgehead atoms. The highest BCUT2D eigenvalue weighted by molar-refractivity contribution is 9.11. The number of nitrogens with one attached hydrogen (secondary N) is 1. The first kappa shape index (κ1) is 14.5. The van der Waals surface area contributed by atoms with Crippen molar-refractivity contribution >= 4 is 33.6 Å². The van der Waals surface area contributed by atoms with Crippen molar-refractivity contribution in [2.45, 2.75) is 24.1 Å². The average molecular weight is 352 g/mol. The molecule has 2 rings (SSSR count). The van der Waals surface area contributed by atoms with Gasteiger partial charge < -0.3 is 9.84 Å². The molecule has 1 aromatic rings. The number of alkyl halides is 1. The molecule has 0 aliphatic carbocycles. The van der Waals surface area contributed by atoms with E-state index in [1.165, 1.54) is 21.8 Å². The molecule has 0 aromatic carbocycles. The molecular formula is C11H12BrClN2O4. The van der Waals surface area contributed by atoms with Gasteiger partial charge in [-0.1, -0.05) is 15.9 Å². The van der Waals surface area contributed by atoms with Crippen LogP contribution in [0.3, 0.4) is 0 Å². The van der Waals surface area contributed by atoms with Crippen LogP contribution in [0.2, 0.25) is 0 Å². The molecule has 19 heavy (non-hydrogen) atoms. The summed E-state index contributed by atoms with van der Waals surface area (Å²) in [7, 11) is 0. The Bertz CT molecular complexity index is 597. The topological polar surface area (TPSA) is 84.3 Å². The molecule has 1 aromatic heterocycles. The minimum absolute atomic E-state index is 0.211. The molecule has 0 spiro atoms. The van der Waals surface area contributed by atoms with E-state index in [0.29, 0.717) is 12.0 Å². The maximum atomic E-state index is 11.8. The summed E-state index contributed by atoms with van der Waals surface area (Å²) in [6.07, 6.45) is 2.21. The molecule has 1 saturated heterocycles. The molecule has 1 aliphatic heterocycles. The molecule has 2 heterocycles. The fourth-order valence-corrected chi connectivity index (χ4v) is 2.50. The lowest BCUT2D eigenvalue weighted by molar-refractivity contribution is -0.0240. The molecule has 1 aliphatic rings. The number of aliphatic hydroxyl groups is 1. The van der Waals surface area contributed by atoms with Crippen molar-refractivity contribution in [1.82, 2.24) is 9.55 Å². The Balaban J connectivity index is 2.38. The summed E-state index contributed by atoms with van der Waals surface area (Å²) in [5, 5.41) is 8.71. The molecule has 1 fully saturated rings. The first-order valence-corrected chi connectivity index (χ1v) is 6.94. The van der Waals surface area contributed by atoms with Crippen molar-refractivity contribution in [3.63, 3.8) is 0 Å². The Morgan fingerprint density at radius 2 is 2.37 bits per heavy atom. The van der Waals surface area contributed by atoms with E-state index in [2.05, 4.69) is 20.9 Å². The van der Waals surface area contributed by atoms with Crippen LogP contribution in [0.5, 0.6) is 0 Å². The highest BCUT2D eigenvalue weighted by Crippen LogP contribution is 2.30. The fourth-order valence-electron chi connectivity index (χ4n) is 1.92. The third-order valence-electron chi connectivity index (χ3n) is 2.89. The lowest BCUT2D eigenvalue weighted by Gasteiger charge is -2.14. The lowest BCUT2D eigenvalue weighted by atomic mass is 10.2. The molecule has 0 radical (unpaired) electrons. The summed E-state index contributed by atoms with van der Waals surface area (Å²) in [5.74, 6) is 0. The molecule has 0 amide bonds. The number of aromatic nitrogens is 2. The second kappa shape index (κ2) is 6.04. The van der Waals surface area contributed by atoms with E-state index < -0.39 is 23.6 Å². The Morgan fingerprint density at radius 1 is 1.63 bits per heavy atom. The van der Waals surface area contributed by atoms with E-state index in [4.69, 9.17) is 21.4 Å². The molecular weight excluding hydrogens is 339 g/mol. The molecule has 8 heteroatoms. The third-order valence-corrected chi connectivity index (χ3v) is 3.61. The lowest BCUT2D eigenvalue weighted by Crippen LogP contribution is -2.33.